The summed E-state index contributed by atoms with van der Waals surface area (Å²) >= 11 is 6.15. The van der Waals surface area contributed by atoms with Crippen LogP contribution in [0.2, 0.25) is 5.02 Å². The zero-order valence-electron chi connectivity index (χ0n) is 15.5. The molecule has 0 unspecified atom stereocenters. The van der Waals surface area contributed by atoms with E-state index in [-0.39, 0.29) is 5.91 Å². The maximum Gasteiger partial charge on any atom is 0.338 e. The highest BCUT2D eigenvalue weighted by molar-refractivity contribution is 6.32. The summed E-state index contributed by atoms with van der Waals surface area (Å²) in [6, 6.07) is 8.65. The Morgan fingerprint density at radius 3 is 2.31 bits per heavy atom. The summed E-state index contributed by atoms with van der Waals surface area (Å²) in [5.74, 6) is -0.192. The molecule has 2 aromatic rings. The van der Waals surface area contributed by atoms with Gasteiger partial charge < -0.3 is 14.8 Å². The van der Waals surface area contributed by atoms with Crippen LogP contribution in [0.1, 0.15) is 34.0 Å². The van der Waals surface area contributed by atoms with Gasteiger partial charge in [0.25, 0.3) is 5.91 Å². The van der Waals surface area contributed by atoms with Crippen LogP contribution in [0.25, 0.3) is 0 Å². The van der Waals surface area contributed by atoms with Gasteiger partial charge in [-0.3, -0.25) is 4.79 Å². The van der Waals surface area contributed by atoms with Gasteiger partial charge in [0.2, 0.25) is 0 Å². The van der Waals surface area contributed by atoms with E-state index < -0.39 is 12.1 Å². The van der Waals surface area contributed by atoms with E-state index in [2.05, 4.69) is 5.32 Å². The number of methoxy groups -OCH3 is 1. The number of anilines is 1. The Kier molecular flexibility index (Phi) is 6.27. The molecule has 2 rings (SSSR count). The summed E-state index contributed by atoms with van der Waals surface area (Å²) in [5.41, 5.74) is 3.35. The first-order chi connectivity index (χ1) is 12.2. The number of rotatable bonds is 5. The van der Waals surface area contributed by atoms with Gasteiger partial charge in [0.15, 0.2) is 6.10 Å². The molecule has 138 valence electrons. The minimum absolute atomic E-state index is 0.319. The lowest BCUT2D eigenvalue weighted by molar-refractivity contribution is -0.122. The normalized spacial score (nSPS) is 11.6. The van der Waals surface area contributed by atoms with E-state index in [0.717, 1.165) is 11.1 Å². The molecule has 0 aliphatic rings. The molecule has 0 fully saturated rings. The molecule has 0 saturated carbocycles. The van der Waals surface area contributed by atoms with Gasteiger partial charge in [-0.15, -0.1) is 0 Å². The standard InChI is InChI=1S/C20H22ClNO4/c1-11-9-15(10-12(2)18(11)21)26-14(4)19(23)22-17-8-6-7-16(13(17)3)20(24)25-5/h6-10,14H,1-5H3,(H,22,23)/t14-/m0/s1. The van der Waals surface area contributed by atoms with Crippen LogP contribution in [0, 0.1) is 20.8 Å². The maximum absolute atomic E-state index is 12.5. The first-order valence-corrected chi connectivity index (χ1v) is 8.54. The zero-order valence-corrected chi connectivity index (χ0v) is 16.2. The van der Waals surface area contributed by atoms with E-state index in [1.54, 1.807) is 44.2 Å². The summed E-state index contributed by atoms with van der Waals surface area (Å²) in [7, 11) is 1.32. The van der Waals surface area contributed by atoms with Crippen molar-refractivity contribution in [2.75, 3.05) is 12.4 Å². The molecule has 1 amide bonds. The molecule has 5 nitrogen and oxygen atoms in total. The van der Waals surface area contributed by atoms with Crippen molar-refractivity contribution in [3.8, 4) is 5.75 Å². The largest absolute Gasteiger partial charge is 0.481 e. The van der Waals surface area contributed by atoms with E-state index in [0.29, 0.717) is 27.6 Å². The summed E-state index contributed by atoms with van der Waals surface area (Å²) in [5, 5.41) is 3.48. The Morgan fingerprint density at radius 2 is 1.73 bits per heavy atom. The first-order valence-electron chi connectivity index (χ1n) is 8.16. The molecule has 6 heteroatoms. The Labute approximate surface area is 158 Å². The van der Waals surface area contributed by atoms with E-state index in [1.807, 2.05) is 13.8 Å². The highest BCUT2D eigenvalue weighted by atomic mass is 35.5. The average Bonchev–Trinajstić information content (AvgIpc) is 2.60. The second-order valence-electron chi connectivity index (χ2n) is 6.09. The van der Waals surface area contributed by atoms with Crippen molar-refractivity contribution in [3.63, 3.8) is 0 Å². The van der Waals surface area contributed by atoms with E-state index in [1.165, 1.54) is 7.11 Å². The van der Waals surface area contributed by atoms with Crippen molar-refractivity contribution >= 4 is 29.2 Å². The molecular formula is C20H22ClNO4. The molecule has 0 bridgehead atoms. The summed E-state index contributed by atoms with van der Waals surface area (Å²) in [6.07, 6.45) is -0.726. The molecule has 26 heavy (non-hydrogen) atoms. The van der Waals surface area contributed by atoms with Gasteiger partial charge in [-0.05, 0) is 68.7 Å². The van der Waals surface area contributed by atoms with Crippen LogP contribution < -0.4 is 10.1 Å². The summed E-state index contributed by atoms with van der Waals surface area (Å²) in [6.45, 7) is 7.18. The van der Waals surface area contributed by atoms with Gasteiger partial charge in [-0.1, -0.05) is 17.7 Å². The fourth-order valence-electron chi connectivity index (χ4n) is 2.57. The van der Waals surface area contributed by atoms with Crippen LogP contribution >= 0.6 is 11.6 Å². The highest BCUT2D eigenvalue weighted by Gasteiger charge is 2.18. The average molecular weight is 376 g/mol. The molecule has 0 radical (unpaired) electrons. The number of aryl methyl sites for hydroxylation is 2. The van der Waals surface area contributed by atoms with Gasteiger partial charge >= 0.3 is 5.97 Å². The molecule has 0 aromatic heterocycles. The fourth-order valence-corrected chi connectivity index (χ4v) is 2.68. The van der Waals surface area contributed by atoms with Crippen molar-refractivity contribution in [1.82, 2.24) is 0 Å². The van der Waals surface area contributed by atoms with Crippen LogP contribution in [0.5, 0.6) is 5.75 Å². The number of carbonyl (C=O) groups excluding carboxylic acids is 2. The number of esters is 1. The molecule has 1 atom stereocenters. The van der Waals surface area contributed by atoms with E-state index >= 15 is 0 Å². The lowest BCUT2D eigenvalue weighted by Gasteiger charge is -2.17. The third-order valence-corrected chi connectivity index (χ3v) is 4.69. The predicted molar refractivity (Wildman–Crippen MR) is 102 cm³/mol. The predicted octanol–water partition coefficient (Wildman–Crippen LogP) is 4.46. The number of ether oxygens (including phenoxy) is 2. The Morgan fingerprint density at radius 1 is 1.12 bits per heavy atom. The molecule has 2 aromatic carbocycles. The van der Waals surface area contributed by atoms with Crippen molar-refractivity contribution in [2.24, 2.45) is 0 Å². The number of benzene rings is 2. The minimum Gasteiger partial charge on any atom is -0.481 e. The van der Waals surface area contributed by atoms with Crippen LogP contribution in [0.4, 0.5) is 5.69 Å². The second-order valence-corrected chi connectivity index (χ2v) is 6.47. The first kappa shape index (κ1) is 19.8. The highest BCUT2D eigenvalue weighted by Crippen LogP contribution is 2.27. The molecule has 0 aliphatic carbocycles. The van der Waals surface area contributed by atoms with Gasteiger partial charge in [-0.25, -0.2) is 4.79 Å². The van der Waals surface area contributed by atoms with Crippen molar-refractivity contribution in [3.05, 3.63) is 57.6 Å². The summed E-state index contributed by atoms with van der Waals surface area (Å²) in [4.78, 5) is 24.2. The Balaban J connectivity index is 2.14. The van der Waals surface area contributed by atoms with Crippen LogP contribution in [0.15, 0.2) is 30.3 Å². The minimum atomic E-state index is -0.726. The Hall–Kier alpha value is -2.53. The van der Waals surface area contributed by atoms with Gasteiger partial charge in [0.05, 0.1) is 12.7 Å². The molecule has 0 spiro atoms. The number of hydrogen-bond donors (Lipinski definition) is 1. The smallest absolute Gasteiger partial charge is 0.338 e. The quantitative estimate of drug-likeness (QED) is 0.784. The molecule has 0 aliphatic heterocycles. The van der Waals surface area contributed by atoms with Crippen molar-refractivity contribution in [1.29, 1.82) is 0 Å². The van der Waals surface area contributed by atoms with Crippen molar-refractivity contribution < 1.29 is 19.1 Å². The van der Waals surface area contributed by atoms with Gasteiger partial charge in [-0.2, -0.15) is 0 Å². The van der Waals surface area contributed by atoms with Crippen molar-refractivity contribution in [2.45, 2.75) is 33.8 Å². The lowest BCUT2D eigenvalue weighted by atomic mass is 10.1. The molecule has 1 N–H and O–H groups in total. The lowest BCUT2D eigenvalue weighted by Crippen LogP contribution is -2.30. The number of hydrogen-bond acceptors (Lipinski definition) is 4. The van der Waals surface area contributed by atoms with Crippen LogP contribution in [-0.2, 0) is 9.53 Å². The maximum atomic E-state index is 12.5. The third-order valence-electron chi connectivity index (χ3n) is 4.09. The van der Waals surface area contributed by atoms with Gasteiger partial charge in [0.1, 0.15) is 5.75 Å². The topological polar surface area (TPSA) is 64.6 Å². The second kappa shape index (κ2) is 8.23. The van der Waals surface area contributed by atoms with Crippen LogP contribution in [0.3, 0.4) is 0 Å². The molecule has 0 saturated heterocycles. The van der Waals surface area contributed by atoms with E-state index in [9.17, 15) is 9.59 Å². The fraction of sp³-hybridized carbons (Fsp3) is 0.300. The molecular weight excluding hydrogens is 354 g/mol. The SMILES string of the molecule is COC(=O)c1cccc(NC(=O)[C@H](C)Oc2cc(C)c(Cl)c(C)c2)c1C. The van der Waals surface area contributed by atoms with Gasteiger partial charge in [0, 0.05) is 10.7 Å². The number of amides is 1. The van der Waals surface area contributed by atoms with Crippen LogP contribution in [-0.4, -0.2) is 25.1 Å². The Bertz CT molecular complexity index is 825. The number of halogens is 1. The summed E-state index contributed by atoms with van der Waals surface area (Å²) < 4.78 is 10.5. The monoisotopic (exact) mass is 375 g/mol. The number of nitrogens with one attached hydrogen (secondary N) is 1. The zero-order chi connectivity index (χ0) is 19.4. The number of carbonyl (C=O) groups is 2. The van der Waals surface area contributed by atoms with E-state index in [4.69, 9.17) is 21.1 Å². The molecule has 0 heterocycles. The third kappa shape index (κ3) is 4.35.